The quantitative estimate of drug-likeness (QED) is 0.542. The Morgan fingerprint density at radius 3 is 2.71 bits per heavy atom. The van der Waals surface area contributed by atoms with Crippen molar-refractivity contribution in [2.24, 2.45) is 5.73 Å². The van der Waals surface area contributed by atoms with Crippen LogP contribution in [-0.4, -0.2) is 55.7 Å². The van der Waals surface area contributed by atoms with E-state index in [4.69, 9.17) is 15.2 Å². The van der Waals surface area contributed by atoms with Crippen LogP contribution >= 0.6 is 11.8 Å². The molecule has 0 aliphatic rings. The number of hydrogen-bond acceptors (Lipinski definition) is 5. The number of aliphatic hydroxyl groups excluding tert-OH is 1. The van der Waals surface area contributed by atoms with E-state index >= 15 is 0 Å². The molecule has 0 aliphatic heterocycles. The van der Waals surface area contributed by atoms with Crippen LogP contribution in [0.3, 0.4) is 0 Å². The van der Waals surface area contributed by atoms with E-state index in [1.165, 1.54) is 0 Å². The van der Waals surface area contributed by atoms with E-state index in [1.807, 2.05) is 6.92 Å². The average Bonchev–Trinajstić information content (AvgIpc) is 2.21. The van der Waals surface area contributed by atoms with Crippen LogP contribution in [0.25, 0.3) is 0 Å². The Balaban J connectivity index is 3.23. The Bertz CT molecular complexity index is 127. The third kappa shape index (κ3) is 8.77. The largest absolute Gasteiger partial charge is 0.390 e. The molecule has 0 radical (unpaired) electrons. The van der Waals surface area contributed by atoms with Crippen molar-refractivity contribution in [3.8, 4) is 0 Å². The molecule has 0 saturated carbocycles. The summed E-state index contributed by atoms with van der Waals surface area (Å²) in [5.41, 5.74) is 5.45. The van der Waals surface area contributed by atoms with Gasteiger partial charge in [-0.2, -0.15) is 11.8 Å². The first-order chi connectivity index (χ1) is 6.70. The molecule has 4 nitrogen and oxygen atoms in total. The Hall–Kier alpha value is 0.190. The van der Waals surface area contributed by atoms with Crippen LogP contribution < -0.4 is 5.73 Å². The Labute approximate surface area is 90.1 Å². The van der Waals surface area contributed by atoms with Gasteiger partial charge in [0.25, 0.3) is 0 Å². The van der Waals surface area contributed by atoms with E-state index in [0.29, 0.717) is 37.4 Å². The maximum Gasteiger partial charge on any atom is 0.0863 e. The Kier molecular flexibility index (Phi) is 9.87. The molecule has 0 aromatic heterocycles. The number of ether oxygens (including phenoxy) is 2. The minimum absolute atomic E-state index is 0.369. The van der Waals surface area contributed by atoms with Gasteiger partial charge in [-0.15, -0.1) is 0 Å². The summed E-state index contributed by atoms with van der Waals surface area (Å²) in [6.45, 7) is 4.16. The zero-order valence-corrected chi connectivity index (χ0v) is 9.76. The highest BCUT2D eigenvalue weighted by Crippen LogP contribution is 2.10. The third-order valence-electron chi connectivity index (χ3n) is 1.65. The predicted molar refractivity (Wildman–Crippen MR) is 59.7 cm³/mol. The molecular weight excluding hydrogens is 202 g/mol. The highest BCUT2D eigenvalue weighted by atomic mass is 32.2. The lowest BCUT2D eigenvalue weighted by Crippen LogP contribution is -2.22. The molecule has 0 saturated heterocycles. The highest BCUT2D eigenvalue weighted by molar-refractivity contribution is 7.99. The van der Waals surface area contributed by atoms with Crippen molar-refractivity contribution in [1.29, 1.82) is 0 Å². The van der Waals surface area contributed by atoms with Crippen LogP contribution in [-0.2, 0) is 9.47 Å². The van der Waals surface area contributed by atoms with E-state index in [0.717, 1.165) is 0 Å². The summed E-state index contributed by atoms with van der Waals surface area (Å²) in [7, 11) is 1.62. The predicted octanol–water partition coefficient (Wildman–Crippen LogP) is 0.0907. The lowest BCUT2D eigenvalue weighted by Gasteiger charge is -2.13. The molecule has 0 spiro atoms. The van der Waals surface area contributed by atoms with E-state index in [2.05, 4.69) is 0 Å². The fourth-order valence-electron chi connectivity index (χ4n) is 0.753. The van der Waals surface area contributed by atoms with Crippen LogP contribution in [0.4, 0.5) is 0 Å². The zero-order valence-electron chi connectivity index (χ0n) is 8.94. The maximum atomic E-state index is 9.47. The van der Waals surface area contributed by atoms with E-state index in [-0.39, 0.29) is 0 Å². The molecule has 5 heteroatoms. The summed E-state index contributed by atoms with van der Waals surface area (Å²) in [6.07, 6.45) is -0.411. The normalized spacial score (nSPS) is 15.4. The van der Waals surface area contributed by atoms with Gasteiger partial charge in [0, 0.05) is 24.7 Å². The smallest absolute Gasteiger partial charge is 0.0863 e. The van der Waals surface area contributed by atoms with Crippen LogP contribution in [0.2, 0.25) is 0 Å². The second kappa shape index (κ2) is 9.73. The molecule has 2 unspecified atom stereocenters. The number of rotatable bonds is 9. The third-order valence-corrected chi connectivity index (χ3v) is 2.99. The van der Waals surface area contributed by atoms with Crippen molar-refractivity contribution in [3.05, 3.63) is 0 Å². The number of thioether (sulfide) groups is 1. The van der Waals surface area contributed by atoms with Gasteiger partial charge in [0.1, 0.15) is 0 Å². The second-order valence-corrected chi connectivity index (χ2v) is 4.57. The highest BCUT2D eigenvalue weighted by Gasteiger charge is 2.07. The number of nitrogens with two attached hydrogens (primary N) is 1. The minimum Gasteiger partial charge on any atom is -0.390 e. The molecule has 0 aromatic carbocycles. The second-order valence-electron chi connectivity index (χ2n) is 3.10. The summed E-state index contributed by atoms with van der Waals surface area (Å²) in [5, 5.41) is 9.86. The van der Waals surface area contributed by atoms with Gasteiger partial charge >= 0.3 is 0 Å². The van der Waals surface area contributed by atoms with Gasteiger partial charge in [-0.1, -0.05) is 6.92 Å². The fraction of sp³-hybridized carbons (Fsp3) is 1.00. The van der Waals surface area contributed by atoms with E-state index < -0.39 is 6.10 Å². The van der Waals surface area contributed by atoms with Crippen LogP contribution in [0, 0.1) is 0 Å². The molecule has 0 fully saturated rings. The van der Waals surface area contributed by atoms with Gasteiger partial charge in [0.15, 0.2) is 0 Å². The standard InChI is InChI=1S/C9H21NO3S/c1-8(5-10)14-7-9(11)6-13-4-3-12-2/h8-9,11H,3-7,10H2,1-2H3. The molecule has 0 bridgehead atoms. The molecule has 0 rings (SSSR count). The average molecular weight is 223 g/mol. The van der Waals surface area contributed by atoms with Crippen molar-refractivity contribution in [3.63, 3.8) is 0 Å². The summed E-state index contributed by atoms with van der Waals surface area (Å²) < 4.78 is 9.99. The summed E-state index contributed by atoms with van der Waals surface area (Å²) in [4.78, 5) is 0. The number of hydrogen-bond donors (Lipinski definition) is 2. The minimum atomic E-state index is -0.411. The molecule has 0 aliphatic carbocycles. The van der Waals surface area contributed by atoms with Crippen molar-refractivity contribution in [1.82, 2.24) is 0 Å². The number of aliphatic hydroxyl groups is 1. The first-order valence-electron chi connectivity index (χ1n) is 4.77. The van der Waals surface area contributed by atoms with Crippen LogP contribution in [0.1, 0.15) is 6.92 Å². The molecule has 14 heavy (non-hydrogen) atoms. The fourth-order valence-corrected chi connectivity index (χ4v) is 1.54. The Morgan fingerprint density at radius 2 is 2.14 bits per heavy atom. The summed E-state index contributed by atoms with van der Waals surface area (Å²) in [5.74, 6) is 0.672. The van der Waals surface area contributed by atoms with Crippen molar-refractivity contribution in [2.75, 3.05) is 39.2 Å². The molecule has 86 valence electrons. The Morgan fingerprint density at radius 1 is 1.43 bits per heavy atom. The zero-order chi connectivity index (χ0) is 10.8. The summed E-state index contributed by atoms with van der Waals surface area (Å²) in [6, 6.07) is 0. The first kappa shape index (κ1) is 14.2. The van der Waals surface area contributed by atoms with Crippen molar-refractivity contribution < 1.29 is 14.6 Å². The first-order valence-corrected chi connectivity index (χ1v) is 5.82. The van der Waals surface area contributed by atoms with Crippen molar-refractivity contribution >= 4 is 11.8 Å². The molecule has 2 atom stereocenters. The van der Waals surface area contributed by atoms with Crippen LogP contribution in [0.5, 0.6) is 0 Å². The van der Waals surface area contributed by atoms with Crippen molar-refractivity contribution in [2.45, 2.75) is 18.3 Å². The van der Waals surface area contributed by atoms with Gasteiger partial charge in [0.2, 0.25) is 0 Å². The van der Waals surface area contributed by atoms with E-state index in [1.54, 1.807) is 18.9 Å². The number of methoxy groups -OCH3 is 1. The van der Waals surface area contributed by atoms with E-state index in [9.17, 15) is 5.11 Å². The molecule has 3 N–H and O–H groups in total. The van der Waals surface area contributed by atoms with Gasteiger partial charge in [-0.05, 0) is 0 Å². The molecule has 0 aromatic rings. The van der Waals surface area contributed by atoms with Gasteiger partial charge in [-0.25, -0.2) is 0 Å². The molecule has 0 heterocycles. The SMILES string of the molecule is COCCOCC(O)CSC(C)CN. The topological polar surface area (TPSA) is 64.7 Å². The lowest BCUT2D eigenvalue weighted by molar-refractivity contribution is 0.0218. The van der Waals surface area contributed by atoms with Gasteiger partial charge < -0.3 is 20.3 Å². The molecular formula is C9H21NO3S. The van der Waals surface area contributed by atoms with Gasteiger partial charge in [0.05, 0.1) is 25.9 Å². The maximum absolute atomic E-state index is 9.47. The molecule has 0 amide bonds. The lowest BCUT2D eigenvalue weighted by atomic mass is 10.4. The van der Waals surface area contributed by atoms with Crippen LogP contribution in [0.15, 0.2) is 0 Å². The van der Waals surface area contributed by atoms with Gasteiger partial charge in [-0.3, -0.25) is 0 Å². The monoisotopic (exact) mass is 223 g/mol. The summed E-state index contributed by atoms with van der Waals surface area (Å²) >= 11 is 1.66.